The number of phosphoric ester groups is 2. The Bertz CT molecular complexity index is 1870. The standard InChI is InChI=1S/C76H148O17P2/c1-9-68(7)54-46-38-30-24-26-33-41-49-57-74(79)87-63-72(93-76(81)59-51-43-35-27-25-31-39-47-55-69(8)10-2)65-91-95(84,85)89-61-70(77)60-88-94(82,83)90-64-71(62-86-73(78)56-48-40-32-23-19-21-29-37-45-53-67(5)6)92-75(80)58-50-42-34-22-18-16-14-12-11-13-15-17-20-28-36-44-52-66(3)4/h66-72,77H,9-65H2,1-8H3,(H,82,83)(H,84,85)/t68?,69?,70-,71-,72-/m1/s1. The van der Waals surface area contributed by atoms with Crippen molar-refractivity contribution in [1.29, 1.82) is 0 Å². The van der Waals surface area contributed by atoms with E-state index in [0.717, 1.165) is 114 Å². The highest BCUT2D eigenvalue weighted by molar-refractivity contribution is 7.47. The predicted octanol–water partition coefficient (Wildman–Crippen LogP) is 22.0. The molecular weight excluding hydrogens is 1250 g/mol. The topological polar surface area (TPSA) is 237 Å². The van der Waals surface area contributed by atoms with Crippen molar-refractivity contribution in [3.05, 3.63) is 0 Å². The maximum absolute atomic E-state index is 13.1. The first kappa shape index (κ1) is 93.1. The van der Waals surface area contributed by atoms with Crippen LogP contribution in [0.15, 0.2) is 0 Å². The third kappa shape index (κ3) is 67.6. The van der Waals surface area contributed by atoms with Crippen molar-refractivity contribution in [2.24, 2.45) is 23.7 Å². The third-order valence-corrected chi connectivity index (χ3v) is 20.2. The van der Waals surface area contributed by atoms with Crippen LogP contribution in [-0.2, 0) is 65.4 Å². The molecule has 0 heterocycles. The Morgan fingerprint density at radius 2 is 0.505 bits per heavy atom. The average molecular weight is 1400 g/mol. The highest BCUT2D eigenvalue weighted by Gasteiger charge is 2.30. The summed E-state index contributed by atoms with van der Waals surface area (Å²) >= 11 is 0. The van der Waals surface area contributed by atoms with Gasteiger partial charge in [-0.15, -0.1) is 0 Å². The highest BCUT2D eigenvalue weighted by atomic mass is 31.2. The number of unbranched alkanes of at least 4 members (excludes halogenated alkanes) is 37. The van der Waals surface area contributed by atoms with Crippen molar-refractivity contribution in [1.82, 2.24) is 0 Å². The molecule has 3 N–H and O–H groups in total. The van der Waals surface area contributed by atoms with Gasteiger partial charge in [0.2, 0.25) is 0 Å². The second-order valence-electron chi connectivity index (χ2n) is 28.8. The summed E-state index contributed by atoms with van der Waals surface area (Å²) in [6, 6.07) is 0. The number of esters is 4. The molecule has 0 radical (unpaired) electrons. The molecule has 17 nitrogen and oxygen atoms in total. The van der Waals surface area contributed by atoms with Gasteiger partial charge in [-0.05, 0) is 49.4 Å². The number of aliphatic hydroxyl groups is 1. The number of phosphoric acid groups is 2. The number of aliphatic hydroxyl groups excluding tert-OH is 1. The molecular formula is C76H148O17P2. The number of ether oxygens (including phenoxy) is 4. The molecule has 0 aromatic rings. The van der Waals surface area contributed by atoms with Gasteiger partial charge in [-0.2, -0.15) is 0 Å². The van der Waals surface area contributed by atoms with Crippen LogP contribution in [-0.4, -0.2) is 96.7 Å². The maximum Gasteiger partial charge on any atom is 0.472 e. The summed E-state index contributed by atoms with van der Waals surface area (Å²) < 4.78 is 68.5. The van der Waals surface area contributed by atoms with Gasteiger partial charge in [-0.1, -0.05) is 331 Å². The van der Waals surface area contributed by atoms with Gasteiger partial charge in [0.15, 0.2) is 12.2 Å². The molecule has 0 aromatic heterocycles. The van der Waals surface area contributed by atoms with E-state index in [1.807, 2.05) is 0 Å². The van der Waals surface area contributed by atoms with E-state index in [2.05, 4.69) is 55.4 Å². The number of hydrogen-bond acceptors (Lipinski definition) is 15. The molecule has 0 fully saturated rings. The molecule has 0 amide bonds. The molecule has 0 saturated carbocycles. The second-order valence-corrected chi connectivity index (χ2v) is 31.7. The van der Waals surface area contributed by atoms with Gasteiger partial charge in [0.25, 0.3) is 0 Å². The first-order valence-electron chi connectivity index (χ1n) is 39.3. The van der Waals surface area contributed by atoms with E-state index in [4.69, 9.17) is 37.0 Å². The Morgan fingerprint density at radius 1 is 0.295 bits per heavy atom. The number of rotatable bonds is 73. The highest BCUT2D eigenvalue weighted by Crippen LogP contribution is 2.45. The monoisotopic (exact) mass is 1400 g/mol. The van der Waals surface area contributed by atoms with Crippen LogP contribution in [0.3, 0.4) is 0 Å². The summed E-state index contributed by atoms with van der Waals surface area (Å²) in [5.41, 5.74) is 0. The SMILES string of the molecule is CCC(C)CCCCCCCCCCC(=O)OC[C@H](COP(=O)(O)OC[C@H](O)COP(=O)(O)OC[C@@H](COC(=O)CCCCCCCCCCCC(C)C)OC(=O)CCCCCCCCCCCCCCCCCCC(C)C)OC(=O)CCCCCCCCCCC(C)CC. The van der Waals surface area contributed by atoms with Crippen molar-refractivity contribution >= 4 is 39.5 Å². The van der Waals surface area contributed by atoms with Crippen molar-refractivity contribution < 1.29 is 80.2 Å². The van der Waals surface area contributed by atoms with E-state index in [0.29, 0.717) is 25.7 Å². The minimum Gasteiger partial charge on any atom is -0.462 e. The molecule has 564 valence electrons. The summed E-state index contributed by atoms with van der Waals surface area (Å²) in [6.45, 7) is 14.2. The molecule has 0 rings (SSSR count). The van der Waals surface area contributed by atoms with Crippen LogP contribution >= 0.6 is 15.6 Å². The van der Waals surface area contributed by atoms with E-state index in [-0.39, 0.29) is 25.7 Å². The molecule has 7 atom stereocenters. The normalized spacial score (nSPS) is 14.7. The molecule has 0 saturated heterocycles. The fourth-order valence-corrected chi connectivity index (χ4v) is 13.1. The van der Waals surface area contributed by atoms with Crippen molar-refractivity contribution in [3.8, 4) is 0 Å². The summed E-state index contributed by atoms with van der Waals surface area (Å²) in [5, 5.41) is 10.6. The summed E-state index contributed by atoms with van der Waals surface area (Å²) in [4.78, 5) is 72.8. The van der Waals surface area contributed by atoms with E-state index < -0.39 is 97.5 Å². The fraction of sp³-hybridized carbons (Fsp3) is 0.947. The lowest BCUT2D eigenvalue weighted by molar-refractivity contribution is -0.161. The smallest absolute Gasteiger partial charge is 0.462 e. The minimum absolute atomic E-state index is 0.104. The van der Waals surface area contributed by atoms with Gasteiger partial charge in [0.1, 0.15) is 19.3 Å². The summed E-state index contributed by atoms with van der Waals surface area (Å²) in [6.07, 6.45) is 49.9. The van der Waals surface area contributed by atoms with Crippen LogP contribution in [0.1, 0.15) is 383 Å². The Balaban J connectivity index is 5.25. The molecule has 95 heavy (non-hydrogen) atoms. The molecule has 0 aliphatic rings. The first-order chi connectivity index (χ1) is 45.7. The number of carbonyl (C=O) groups is 4. The van der Waals surface area contributed by atoms with Crippen LogP contribution in [0.5, 0.6) is 0 Å². The van der Waals surface area contributed by atoms with Gasteiger partial charge in [-0.25, -0.2) is 9.13 Å². The number of carbonyl (C=O) groups excluding carboxylic acids is 4. The van der Waals surface area contributed by atoms with E-state index in [9.17, 15) is 43.2 Å². The van der Waals surface area contributed by atoms with Crippen LogP contribution in [0.4, 0.5) is 0 Å². The van der Waals surface area contributed by atoms with Crippen LogP contribution < -0.4 is 0 Å². The molecule has 0 aromatic carbocycles. The van der Waals surface area contributed by atoms with E-state index >= 15 is 0 Å². The Morgan fingerprint density at radius 3 is 0.747 bits per heavy atom. The van der Waals surface area contributed by atoms with Crippen LogP contribution in [0, 0.1) is 23.7 Å². The predicted molar refractivity (Wildman–Crippen MR) is 386 cm³/mol. The van der Waals surface area contributed by atoms with Gasteiger partial charge in [-0.3, -0.25) is 37.3 Å². The van der Waals surface area contributed by atoms with Crippen LogP contribution in [0.2, 0.25) is 0 Å². The minimum atomic E-state index is -4.96. The Labute approximate surface area is 581 Å². The van der Waals surface area contributed by atoms with E-state index in [1.54, 1.807) is 0 Å². The molecule has 0 bridgehead atoms. The lowest BCUT2D eigenvalue weighted by atomic mass is 9.99. The Hall–Kier alpha value is -1.94. The van der Waals surface area contributed by atoms with Crippen molar-refractivity contribution in [2.45, 2.75) is 401 Å². The van der Waals surface area contributed by atoms with Crippen molar-refractivity contribution in [2.75, 3.05) is 39.6 Å². The van der Waals surface area contributed by atoms with Gasteiger partial charge >= 0.3 is 39.5 Å². The fourth-order valence-electron chi connectivity index (χ4n) is 11.5. The Kier molecular flexibility index (Phi) is 64.0. The largest absolute Gasteiger partial charge is 0.472 e. The zero-order valence-electron chi connectivity index (χ0n) is 62.3. The van der Waals surface area contributed by atoms with Crippen molar-refractivity contribution in [3.63, 3.8) is 0 Å². The second kappa shape index (κ2) is 65.4. The lowest BCUT2D eigenvalue weighted by Gasteiger charge is -2.21. The third-order valence-electron chi connectivity index (χ3n) is 18.3. The van der Waals surface area contributed by atoms with Gasteiger partial charge in [0, 0.05) is 25.7 Å². The lowest BCUT2D eigenvalue weighted by Crippen LogP contribution is -2.30. The summed E-state index contributed by atoms with van der Waals surface area (Å²) in [7, 11) is -9.91. The molecule has 4 unspecified atom stereocenters. The molecule has 19 heteroatoms. The summed E-state index contributed by atoms with van der Waals surface area (Å²) in [5.74, 6) is 0.978. The van der Waals surface area contributed by atoms with Gasteiger partial charge in [0.05, 0.1) is 26.4 Å². The molecule has 0 aliphatic carbocycles. The van der Waals surface area contributed by atoms with E-state index in [1.165, 1.54) is 186 Å². The quantitative estimate of drug-likeness (QED) is 0.0222. The van der Waals surface area contributed by atoms with Crippen LogP contribution in [0.25, 0.3) is 0 Å². The number of hydrogen-bond donors (Lipinski definition) is 3. The molecule has 0 aliphatic heterocycles. The van der Waals surface area contributed by atoms with Gasteiger partial charge < -0.3 is 33.8 Å². The maximum atomic E-state index is 13.1. The first-order valence-corrected chi connectivity index (χ1v) is 42.3. The molecule has 0 spiro atoms. The zero-order chi connectivity index (χ0) is 70.3. The zero-order valence-corrected chi connectivity index (χ0v) is 64.1. The average Bonchev–Trinajstić information content (AvgIpc) is 1.47.